The first-order valence-corrected chi connectivity index (χ1v) is 6.91. The van der Waals surface area contributed by atoms with E-state index in [1.807, 2.05) is 13.2 Å². The van der Waals surface area contributed by atoms with Crippen LogP contribution in [0.5, 0.6) is 0 Å². The van der Waals surface area contributed by atoms with E-state index in [-0.39, 0.29) is 0 Å². The van der Waals surface area contributed by atoms with Crippen molar-refractivity contribution in [1.29, 1.82) is 0 Å². The van der Waals surface area contributed by atoms with Gasteiger partial charge in [0, 0.05) is 36.4 Å². The lowest BCUT2D eigenvalue weighted by molar-refractivity contribution is 0.711. The smallest absolute Gasteiger partial charge is 0.132 e. The van der Waals surface area contributed by atoms with Gasteiger partial charge in [-0.05, 0) is 47.3 Å². The molecule has 2 unspecified atom stereocenters. The van der Waals surface area contributed by atoms with Crippen LogP contribution in [0.1, 0.15) is 18.9 Å². The summed E-state index contributed by atoms with van der Waals surface area (Å²) >= 11 is 3.48. The highest BCUT2D eigenvalue weighted by molar-refractivity contribution is 9.10. The summed E-state index contributed by atoms with van der Waals surface area (Å²) in [5.41, 5.74) is 1.25. The van der Waals surface area contributed by atoms with Crippen LogP contribution in [0.2, 0.25) is 0 Å². The number of halogens is 1. The quantitative estimate of drug-likeness (QED) is 0.906. The summed E-state index contributed by atoms with van der Waals surface area (Å²) in [6, 6.07) is 2.14. The SMILES string of the molecule is CNCc1cc(Br)cnc1N(C)CC1CC1C. The van der Waals surface area contributed by atoms with Gasteiger partial charge in [-0.1, -0.05) is 6.92 Å². The Kier molecular flexibility index (Phi) is 4.05. The molecule has 1 saturated carbocycles. The molecule has 1 aliphatic rings. The lowest BCUT2D eigenvalue weighted by atomic mass is 10.2. The molecule has 0 saturated heterocycles. The first-order valence-electron chi connectivity index (χ1n) is 6.12. The second-order valence-electron chi connectivity index (χ2n) is 5.02. The molecule has 1 N–H and O–H groups in total. The van der Waals surface area contributed by atoms with Gasteiger partial charge < -0.3 is 10.2 Å². The minimum absolute atomic E-state index is 0.854. The van der Waals surface area contributed by atoms with Crippen LogP contribution in [0.25, 0.3) is 0 Å². The van der Waals surface area contributed by atoms with E-state index in [0.717, 1.165) is 35.2 Å². The van der Waals surface area contributed by atoms with Crippen molar-refractivity contribution < 1.29 is 0 Å². The average molecular weight is 298 g/mol. The van der Waals surface area contributed by atoms with E-state index in [0.29, 0.717) is 0 Å². The molecule has 0 amide bonds. The van der Waals surface area contributed by atoms with Crippen molar-refractivity contribution >= 4 is 21.7 Å². The Morgan fingerprint density at radius 3 is 2.88 bits per heavy atom. The van der Waals surface area contributed by atoms with Gasteiger partial charge in [-0.25, -0.2) is 4.98 Å². The summed E-state index contributed by atoms with van der Waals surface area (Å²) in [5, 5.41) is 3.20. The van der Waals surface area contributed by atoms with E-state index >= 15 is 0 Å². The molecular formula is C13H20BrN3. The third-order valence-corrected chi connectivity index (χ3v) is 3.86. The van der Waals surface area contributed by atoms with Gasteiger partial charge in [0.15, 0.2) is 0 Å². The van der Waals surface area contributed by atoms with E-state index in [9.17, 15) is 0 Å². The Morgan fingerprint density at radius 2 is 2.29 bits per heavy atom. The highest BCUT2D eigenvalue weighted by Gasteiger charge is 2.33. The molecule has 94 valence electrons. The van der Waals surface area contributed by atoms with Crippen LogP contribution < -0.4 is 10.2 Å². The Labute approximate surface area is 112 Å². The van der Waals surface area contributed by atoms with Crippen molar-refractivity contribution in [2.75, 3.05) is 25.5 Å². The maximum absolute atomic E-state index is 4.54. The third-order valence-electron chi connectivity index (χ3n) is 3.42. The Bertz CT molecular complexity index is 394. The van der Waals surface area contributed by atoms with Crippen LogP contribution in [0, 0.1) is 11.8 Å². The van der Waals surface area contributed by atoms with Crippen molar-refractivity contribution in [3.8, 4) is 0 Å². The van der Waals surface area contributed by atoms with Gasteiger partial charge in [-0.15, -0.1) is 0 Å². The number of nitrogens with zero attached hydrogens (tertiary/aromatic N) is 2. The average Bonchev–Trinajstić information content (AvgIpc) is 2.94. The number of pyridine rings is 1. The molecule has 0 radical (unpaired) electrons. The van der Waals surface area contributed by atoms with E-state index in [2.05, 4.69) is 51.2 Å². The van der Waals surface area contributed by atoms with E-state index in [4.69, 9.17) is 0 Å². The van der Waals surface area contributed by atoms with Crippen molar-refractivity contribution in [2.24, 2.45) is 11.8 Å². The fourth-order valence-electron chi connectivity index (χ4n) is 2.23. The lowest BCUT2D eigenvalue weighted by Crippen LogP contribution is -2.24. The summed E-state index contributed by atoms with van der Waals surface area (Å²) in [5.74, 6) is 2.84. The summed E-state index contributed by atoms with van der Waals surface area (Å²) in [7, 11) is 4.11. The van der Waals surface area contributed by atoms with E-state index in [1.54, 1.807) is 0 Å². The number of rotatable bonds is 5. The molecule has 0 spiro atoms. The summed E-state index contributed by atoms with van der Waals surface area (Å²) < 4.78 is 1.04. The number of aromatic nitrogens is 1. The van der Waals surface area contributed by atoms with Crippen LogP contribution in [0.3, 0.4) is 0 Å². The van der Waals surface area contributed by atoms with E-state index in [1.165, 1.54) is 12.0 Å². The fraction of sp³-hybridized carbons (Fsp3) is 0.615. The van der Waals surface area contributed by atoms with Crippen molar-refractivity contribution in [1.82, 2.24) is 10.3 Å². The second kappa shape index (κ2) is 5.36. The van der Waals surface area contributed by atoms with Crippen LogP contribution >= 0.6 is 15.9 Å². The number of hydrogen-bond donors (Lipinski definition) is 1. The lowest BCUT2D eigenvalue weighted by Gasteiger charge is -2.21. The molecule has 4 heteroatoms. The maximum atomic E-state index is 4.54. The molecule has 17 heavy (non-hydrogen) atoms. The normalized spacial score (nSPS) is 22.6. The molecule has 0 aromatic carbocycles. The second-order valence-corrected chi connectivity index (χ2v) is 5.94. The molecule has 1 heterocycles. The minimum Gasteiger partial charge on any atom is -0.359 e. The first kappa shape index (κ1) is 12.8. The monoisotopic (exact) mass is 297 g/mol. The predicted octanol–water partition coefficient (Wildman–Crippen LogP) is 2.66. The molecular weight excluding hydrogens is 278 g/mol. The van der Waals surface area contributed by atoms with Gasteiger partial charge in [-0.3, -0.25) is 0 Å². The first-order chi connectivity index (χ1) is 8.11. The van der Waals surface area contributed by atoms with Gasteiger partial charge in [0.1, 0.15) is 5.82 Å². The minimum atomic E-state index is 0.854. The van der Waals surface area contributed by atoms with Gasteiger partial charge in [0.25, 0.3) is 0 Å². The zero-order valence-electron chi connectivity index (χ0n) is 10.7. The topological polar surface area (TPSA) is 28.2 Å². The summed E-state index contributed by atoms with van der Waals surface area (Å²) in [4.78, 5) is 6.83. The molecule has 2 rings (SSSR count). The van der Waals surface area contributed by atoms with Crippen LogP contribution in [0.4, 0.5) is 5.82 Å². The van der Waals surface area contributed by atoms with Gasteiger partial charge in [0.05, 0.1) is 0 Å². The zero-order valence-corrected chi connectivity index (χ0v) is 12.3. The number of nitrogens with one attached hydrogen (secondary N) is 1. The summed E-state index contributed by atoms with van der Waals surface area (Å²) in [6.07, 6.45) is 3.24. The van der Waals surface area contributed by atoms with Gasteiger partial charge in [0.2, 0.25) is 0 Å². The zero-order chi connectivity index (χ0) is 12.4. The molecule has 0 bridgehead atoms. The molecule has 1 aromatic heterocycles. The highest BCUT2D eigenvalue weighted by atomic mass is 79.9. The Morgan fingerprint density at radius 1 is 1.59 bits per heavy atom. The molecule has 1 aliphatic carbocycles. The van der Waals surface area contributed by atoms with Gasteiger partial charge in [-0.2, -0.15) is 0 Å². The van der Waals surface area contributed by atoms with Gasteiger partial charge >= 0.3 is 0 Å². The largest absolute Gasteiger partial charge is 0.359 e. The maximum Gasteiger partial charge on any atom is 0.132 e. The van der Waals surface area contributed by atoms with Crippen molar-refractivity contribution in [3.05, 3.63) is 22.3 Å². The molecule has 0 aliphatic heterocycles. The van der Waals surface area contributed by atoms with Crippen LogP contribution in [0.15, 0.2) is 16.7 Å². The van der Waals surface area contributed by atoms with Crippen molar-refractivity contribution in [2.45, 2.75) is 19.9 Å². The molecule has 1 fully saturated rings. The van der Waals surface area contributed by atoms with Crippen LogP contribution in [-0.4, -0.2) is 25.6 Å². The molecule has 2 atom stereocenters. The van der Waals surface area contributed by atoms with Crippen LogP contribution in [-0.2, 0) is 6.54 Å². The third kappa shape index (κ3) is 3.19. The predicted molar refractivity (Wildman–Crippen MR) is 75.2 cm³/mol. The highest BCUT2D eigenvalue weighted by Crippen LogP contribution is 2.38. The standard InChI is InChI=1S/C13H20BrN3/c1-9-4-11(9)8-17(3)13-10(6-15-2)5-12(14)7-16-13/h5,7,9,11,15H,4,6,8H2,1-3H3. The van der Waals surface area contributed by atoms with Crippen molar-refractivity contribution in [3.63, 3.8) is 0 Å². The fourth-order valence-corrected chi connectivity index (χ4v) is 2.61. The molecule has 1 aromatic rings. The number of hydrogen-bond acceptors (Lipinski definition) is 3. The Hall–Kier alpha value is -0.610. The van der Waals surface area contributed by atoms with E-state index < -0.39 is 0 Å². The number of anilines is 1. The molecule has 3 nitrogen and oxygen atoms in total. The summed E-state index contributed by atoms with van der Waals surface area (Å²) in [6.45, 7) is 4.29. The Balaban J connectivity index is 2.12.